The lowest BCUT2D eigenvalue weighted by Crippen LogP contribution is -2.85. The summed E-state index contributed by atoms with van der Waals surface area (Å²) in [7, 11) is 4.50. The van der Waals surface area contributed by atoms with Gasteiger partial charge < -0.3 is 41.3 Å². The van der Waals surface area contributed by atoms with Crippen LogP contribution in [0.3, 0.4) is 0 Å². The Labute approximate surface area is 837 Å². The van der Waals surface area contributed by atoms with Gasteiger partial charge in [-0.1, -0.05) is 249 Å². The second kappa shape index (κ2) is 38.4. The van der Waals surface area contributed by atoms with Gasteiger partial charge in [0.1, 0.15) is 0 Å². The molecule has 0 aromatic carbocycles. The van der Waals surface area contributed by atoms with Gasteiger partial charge in [-0.15, -0.1) is 0 Å². The van der Waals surface area contributed by atoms with Crippen LogP contribution in [-0.4, -0.2) is 178 Å². The number of hydrogen-bond donors (Lipinski definition) is 8. The Morgan fingerprint density at radius 3 is 0.493 bits per heavy atom. The largest absolute Gasteiger partial charge is 0.481 e. The molecule has 18 heteroatoms. The summed E-state index contributed by atoms with van der Waals surface area (Å²) in [5.41, 5.74) is -10.1. The van der Waals surface area contributed by atoms with Gasteiger partial charge in [0, 0.05) is 96.8 Å². The highest BCUT2D eigenvalue weighted by Gasteiger charge is 2.79. The van der Waals surface area contributed by atoms with Crippen molar-refractivity contribution in [3.63, 3.8) is 0 Å². The number of nitrogens with zero attached hydrogens (tertiary/aromatic N) is 4. The predicted molar refractivity (Wildman–Crippen MR) is 570 cm³/mol. The van der Waals surface area contributed by atoms with Crippen molar-refractivity contribution in [2.45, 2.75) is 586 Å². The second-order valence-electron chi connectivity index (χ2n) is 63.9. The van der Waals surface area contributed by atoms with E-state index in [-0.39, 0.29) is 175 Å². The minimum Gasteiger partial charge on any atom is -0.481 e. The summed E-state index contributed by atoms with van der Waals surface area (Å²) in [5, 5.41) is 72.1. The fourth-order valence-corrected chi connectivity index (χ4v) is 33.5. The first-order chi connectivity index (χ1) is 59.4. The van der Waals surface area contributed by atoms with Crippen LogP contribution in [-0.2, 0) is 28.8 Å². The molecule has 0 aromatic rings. The van der Waals surface area contributed by atoms with E-state index in [1.54, 1.807) is 0 Å². The summed E-state index contributed by atoms with van der Waals surface area (Å²) in [6.45, 7) is 127. The van der Waals surface area contributed by atoms with Crippen molar-refractivity contribution >= 4 is 35.8 Å². The molecule has 18 nitrogen and oxygen atoms in total. The number of rotatable bonds is 21. The van der Waals surface area contributed by atoms with E-state index in [9.17, 15) is 54.6 Å². The number of hydrogen-bond acceptors (Lipinski definition) is 12. The molecule has 4 atom stereocenters. The van der Waals surface area contributed by atoms with Crippen LogP contribution in [0, 0.1) is 117 Å². The van der Waals surface area contributed by atoms with Crippen molar-refractivity contribution in [1.29, 1.82) is 0 Å². The highest BCUT2D eigenvalue weighted by Crippen LogP contribution is 2.76. The lowest BCUT2D eigenvalue weighted by molar-refractivity contribution is -0.301. The molecule has 0 saturated carbocycles. The van der Waals surface area contributed by atoms with Crippen molar-refractivity contribution in [3.05, 3.63) is 0 Å². The predicted octanol–water partition coefficient (Wildman–Crippen LogP) is 29.3. The highest BCUT2D eigenvalue weighted by molar-refractivity contribution is 5.78. The molecule has 0 aromatic heterocycles. The molecule has 0 aliphatic carbocycles. The Balaban J connectivity index is 0.000000454. The molecular weight excluding hydrogens is 1690 g/mol. The maximum Gasteiger partial charge on any atom is 0.310 e. The summed E-state index contributed by atoms with van der Waals surface area (Å²) in [6, 6.07) is 0. The number of likely N-dealkylation sites (tertiary alicyclic amines) is 4. The SMILES string of the molecule is CC(C)(C)N1C(C(C)(C)C)(C(C)(C)C)CC(C(CCCC(=O)O)(C(=O)O)C2CC(C(C)(C)C)(C(C)(C)C)N(C(C)(C)C)C(C(C)(C)C)(C(C)(C)C)C2)CC1(C(C)(C)C)C(C)(C)C.CC1(C)CC(C(CCCC(=O)O)(C(=O)O)C2CC(C)(C)NC(C)(C)C2)CC(C)(C)N1.CN1C(C)(C(C)(C)C)CC(C(CCCC(=O)O)(C(=O)O)C2CC(C)(C(C)(C)C)N(C)C(C)(C(C)(C)C)C2)CC1(C)C(C)(C)C. The fraction of sp³-hybridized carbons (Fsp3) is 0.949. The first-order valence-electron chi connectivity index (χ1n) is 53.4. The normalized spacial score (nSPS) is 27.9. The van der Waals surface area contributed by atoms with Gasteiger partial charge in [-0.3, -0.25) is 48.4 Å². The van der Waals surface area contributed by atoms with Crippen LogP contribution in [0.15, 0.2) is 0 Å². The molecule has 6 rings (SSSR count). The third kappa shape index (κ3) is 22.6. The number of aliphatic carboxylic acids is 6. The van der Waals surface area contributed by atoms with Gasteiger partial charge in [-0.25, -0.2) is 0 Å². The quantitative estimate of drug-likeness (QED) is 0.0531. The molecule has 0 bridgehead atoms. The van der Waals surface area contributed by atoms with Crippen molar-refractivity contribution < 1.29 is 59.4 Å². The van der Waals surface area contributed by atoms with E-state index in [2.05, 4.69) is 418 Å². The summed E-state index contributed by atoms with van der Waals surface area (Å²) in [5.74, 6) is -5.53. The van der Waals surface area contributed by atoms with E-state index in [1.807, 2.05) is 0 Å². The van der Waals surface area contributed by atoms with Gasteiger partial charge in [0.2, 0.25) is 0 Å². The minimum atomic E-state index is -1.24. The van der Waals surface area contributed by atoms with Crippen LogP contribution in [0.2, 0.25) is 0 Å². The average Bonchev–Trinajstić information content (AvgIpc) is 0.656. The minimum absolute atomic E-state index is 0.00553. The molecule has 0 amide bonds. The van der Waals surface area contributed by atoms with Crippen molar-refractivity contribution in [3.8, 4) is 0 Å². The molecule has 8 N–H and O–H groups in total. The lowest BCUT2D eigenvalue weighted by atomic mass is 9.38. The Hall–Kier alpha value is -3.42. The highest BCUT2D eigenvalue weighted by atomic mass is 16.4. The molecular formula is C118H224N6O12. The Kier molecular flexibility index (Phi) is 35.3. The zero-order valence-electron chi connectivity index (χ0n) is 99.7. The third-order valence-electron chi connectivity index (χ3n) is 39.9. The molecule has 0 radical (unpaired) electrons. The lowest BCUT2D eigenvalue weighted by Gasteiger charge is -2.80. The van der Waals surface area contributed by atoms with Gasteiger partial charge in [-0.2, -0.15) is 0 Å². The molecule has 4 unspecified atom stereocenters. The van der Waals surface area contributed by atoms with E-state index < -0.39 is 74.2 Å². The topological polar surface area (TPSA) is 261 Å². The molecule has 6 aliphatic rings. The van der Waals surface area contributed by atoms with Crippen LogP contribution in [0.1, 0.15) is 509 Å². The molecule has 0 spiro atoms. The van der Waals surface area contributed by atoms with E-state index >= 15 is 4.79 Å². The maximum absolute atomic E-state index is 15.7. The number of carbonyl (C=O) groups is 6. The molecule has 6 heterocycles. The molecule has 6 fully saturated rings. The number of nitrogens with one attached hydrogen (secondary N) is 2. The van der Waals surface area contributed by atoms with Crippen LogP contribution in [0.4, 0.5) is 0 Å². The molecule has 798 valence electrons. The Morgan fingerprint density at radius 1 is 0.235 bits per heavy atom. The van der Waals surface area contributed by atoms with Crippen LogP contribution < -0.4 is 10.6 Å². The van der Waals surface area contributed by atoms with Gasteiger partial charge in [0.15, 0.2) is 0 Å². The monoisotopic (exact) mass is 1920 g/mol. The smallest absolute Gasteiger partial charge is 0.310 e. The van der Waals surface area contributed by atoms with E-state index in [0.29, 0.717) is 64.2 Å². The number of carboxylic acids is 6. The summed E-state index contributed by atoms with van der Waals surface area (Å²) in [4.78, 5) is 90.0. The number of carboxylic acid groups (broad SMARTS) is 6. The van der Waals surface area contributed by atoms with E-state index in [0.717, 1.165) is 51.4 Å². The zero-order chi connectivity index (χ0) is 108. The summed E-state index contributed by atoms with van der Waals surface area (Å²) >= 11 is 0. The van der Waals surface area contributed by atoms with Crippen molar-refractivity contribution in [2.24, 2.45) is 117 Å². The maximum atomic E-state index is 15.7. The Morgan fingerprint density at radius 2 is 0.375 bits per heavy atom. The van der Waals surface area contributed by atoms with Crippen LogP contribution in [0.25, 0.3) is 0 Å². The Bertz CT molecular complexity index is 3700. The van der Waals surface area contributed by atoms with Gasteiger partial charge in [0.05, 0.1) is 16.2 Å². The van der Waals surface area contributed by atoms with E-state index in [4.69, 9.17) is 0 Å². The molecule has 6 aliphatic heterocycles. The second-order valence-corrected chi connectivity index (χ2v) is 63.9. The van der Waals surface area contributed by atoms with Crippen molar-refractivity contribution in [2.75, 3.05) is 14.1 Å². The van der Waals surface area contributed by atoms with Gasteiger partial charge >= 0.3 is 35.8 Å². The summed E-state index contributed by atoms with van der Waals surface area (Å²) < 4.78 is 0. The zero-order valence-corrected chi connectivity index (χ0v) is 99.7. The number of piperidine rings is 6. The van der Waals surface area contributed by atoms with E-state index in [1.165, 1.54) is 0 Å². The first-order valence-corrected chi connectivity index (χ1v) is 53.4. The fourth-order valence-electron chi connectivity index (χ4n) is 33.5. The third-order valence-corrected chi connectivity index (χ3v) is 39.9. The average molecular weight is 1920 g/mol. The van der Waals surface area contributed by atoms with Crippen molar-refractivity contribution in [1.82, 2.24) is 30.2 Å². The summed E-state index contributed by atoms with van der Waals surface area (Å²) in [6.07, 6.45) is 11.2. The molecule has 6 saturated heterocycles. The van der Waals surface area contributed by atoms with Gasteiger partial charge in [-0.05, 0) is 355 Å². The first kappa shape index (κ1) is 125. The standard InChI is InChI=1S/C56H108N2O4.C38H72N2O4.C24H44N2O4/c1-42(2,3)53(43(4,5)6)34-38(35-54(44(7,8)9,45(10,11)12)57(53)50(25,26)27)52(41(61)62,33-31-32-40(59)60)39-36-55(46(13,14)15,47(16,17)18)58(51(28,29)30)56(37-39,48(19,20)21)49(22,23)24;1-30(2,3)34(13)22-26(23-35(14,39(34)17)31(4,5)6)38(29(43)44,21-19-20-28(41)42)27-24-36(15,32(7,8)9)40(18)37(16,25-27)33(10,11)12;1-20(2)12-16(13-21(3,4)25-20)24(19(29)30,11-9-10-18(27)28)17-14-22(5,6)26-23(7,8)15-17/h38-39H,31-37H2,1-30H3,(H,59,60)(H,61,62);26-27H,19-25H2,1-18H3,(H,41,42)(H,43,44);16-17,25-26H,9-15H2,1-8H3,(H,27,28)(H,29,30). The van der Waals surface area contributed by atoms with Crippen LogP contribution >= 0.6 is 0 Å². The van der Waals surface area contributed by atoms with Gasteiger partial charge in [0.25, 0.3) is 0 Å². The van der Waals surface area contributed by atoms with Crippen LogP contribution in [0.5, 0.6) is 0 Å². The molecule has 136 heavy (non-hydrogen) atoms.